The Hall–Kier alpha value is -2.01. The molecule has 9 nitrogen and oxygen atoms in total. The summed E-state index contributed by atoms with van der Waals surface area (Å²) in [6, 6.07) is -0.875. The summed E-state index contributed by atoms with van der Waals surface area (Å²) in [5.74, 6) is 1.90. The van der Waals surface area contributed by atoms with Gasteiger partial charge in [0.1, 0.15) is 5.01 Å². The smallest absolute Gasteiger partial charge is 0.270 e. The Morgan fingerprint density at radius 3 is 2.57 bits per heavy atom. The highest BCUT2D eigenvalue weighted by molar-refractivity contribution is 8.01. The van der Waals surface area contributed by atoms with Crippen LogP contribution in [0.15, 0.2) is 9.33 Å². The van der Waals surface area contributed by atoms with Gasteiger partial charge in [-0.2, -0.15) is 0 Å². The number of piperidine rings is 1. The van der Waals surface area contributed by atoms with Crippen molar-refractivity contribution in [2.24, 2.45) is 4.99 Å². The lowest BCUT2D eigenvalue weighted by Gasteiger charge is -2.33. The average molecular weight is 423 g/mol. The van der Waals surface area contributed by atoms with E-state index >= 15 is 0 Å². The maximum Gasteiger partial charge on any atom is 0.392 e. The molecule has 2 fully saturated rings. The van der Waals surface area contributed by atoms with Gasteiger partial charge in [-0.25, -0.2) is 9.69 Å². The zero-order chi connectivity index (χ0) is 19.8. The van der Waals surface area contributed by atoms with Gasteiger partial charge in [0.15, 0.2) is 4.34 Å². The van der Waals surface area contributed by atoms with E-state index in [-0.39, 0.29) is 11.9 Å². The van der Waals surface area contributed by atoms with Gasteiger partial charge in [-0.3, -0.25) is 19.2 Å². The van der Waals surface area contributed by atoms with Crippen LogP contribution in [0.2, 0.25) is 0 Å². The molecule has 0 bridgehead atoms. The number of likely N-dealkylation sites (N-methyl/N-ethyl adjacent to an activating group) is 2. The summed E-state index contributed by atoms with van der Waals surface area (Å²) in [6.45, 7) is 4.45. The molecular weight excluding hydrogens is 398 g/mol. The summed E-state index contributed by atoms with van der Waals surface area (Å²) in [6.07, 6.45) is 3.46. The first-order valence-electron chi connectivity index (χ1n) is 9.42. The predicted molar refractivity (Wildman–Crippen MR) is 108 cm³/mol. The Kier molecular flexibility index (Phi) is 5.37. The number of aliphatic imine (C=N–C) groups is 1. The molecule has 150 valence electrons. The fourth-order valence-electron chi connectivity index (χ4n) is 3.73. The molecule has 28 heavy (non-hydrogen) atoms. The Balaban J connectivity index is 1.60. The second-order valence-electron chi connectivity index (χ2n) is 7.09. The number of hydrogen-bond donors (Lipinski definition) is 0. The van der Waals surface area contributed by atoms with E-state index in [1.807, 2.05) is 6.92 Å². The zero-order valence-electron chi connectivity index (χ0n) is 16.3. The third-order valence-corrected chi connectivity index (χ3v) is 7.17. The number of nitrogens with zero attached hydrogens (tertiary/aromatic N) is 7. The van der Waals surface area contributed by atoms with Gasteiger partial charge in [-0.1, -0.05) is 28.1 Å². The van der Waals surface area contributed by atoms with Crippen LogP contribution >= 0.6 is 23.1 Å². The van der Waals surface area contributed by atoms with E-state index in [0.717, 1.165) is 47.0 Å². The van der Waals surface area contributed by atoms with Crippen molar-refractivity contribution in [3.63, 3.8) is 0 Å². The summed E-state index contributed by atoms with van der Waals surface area (Å²) in [5.41, 5.74) is 0. The quantitative estimate of drug-likeness (QED) is 0.534. The maximum atomic E-state index is 12.9. The van der Waals surface area contributed by atoms with Crippen molar-refractivity contribution in [2.75, 3.05) is 39.5 Å². The summed E-state index contributed by atoms with van der Waals surface area (Å²) in [5, 5.41) is 9.16. The Bertz CT molecular complexity index is 857. The SMILES string of the molecule is Cc1nnc(SCCN2C(=[N+]3CCCCC3)N=C3C2C(=O)N(C)C(=O)N3C)s1. The molecule has 0 aliphatic carbocycles. The average Bonchev–Trinajstić information content (AvgIpc) is 3.29. The van der Waals surface area contributed by atoms with Crippen molar-refractivity contribution in [3.8, 4) is 0 Å². The fourth-order valence-corrected chi connectivity index (χ4v) is 5.55. The number of urea groups is 1. The van der Waals surface area contributed by atoms with Crippen LogP contribution in [0.5, 0.6) is 0 Å². The van der Waals surface area contributed by atoms with E-state index < -0.39 is 6.04 Å². The largest absolute Gasteiger partial charge is 0.392 e. The van der Waals surface area contributed by atoms with Crippen LogP contribution in [-0.2, 0) is 4.79 Å². The minimum Gasteiger partial charge on any atom is -0.270 e. The zero-order valence-corrected chi connectivity index (χ0v) is 17.9. The van der Waals surface area contributed by atoms with Crippen molar-refractivity contribution in [3.05, 3.63) is 5.01 Å². The third-order valence-electron chi connectivity index (χ3n) is 5.21. The number of hydrogen-bond acceptors (Lipinski definition) is 6. The number of fused-ring (bicyclic) bond motifs is 1. The van der Waals surface area contributed by atoms with Gasteiger partial charge in [0.2, 0.25) is 11.9 Å². The van der Waals surface area contributed by atoms with Crippen LogP contribution in [0.4, 0.5) is 4.79 Å². The molecule has 0 saturated carbocycles. The number of aryl methyl sites for hydroxylation is 1. The Morgan fingerprint density at radius 1 is 1.14 bits per heavy atom. The van der Waals surface area contributed by atoms with Crippen molar-refractivity contribution in [1.29, 1.82) is 0 Å². The number of rotatable bonds is 4. The highest BCUT2D eigenvalue weighted by atomic mass is 32.2. The van der Waals surface area contributed by atoms with Crippen LogP contribution in [0.25, 0.3) is 0 Å². The van der Waals surface area contributed by atoms with Crippen LogP contribution < -0.4 is 0 Å². The van der Waals surface area contributed by atoms with E-state index in [9.17, 15) is 9.59 Å². The van der Waals surface area contributed by atoms with Crippen LogP contribution in [0, 0.1) is 6.92 Å². The van der Waals surface area contributed by atoms with Crippen LogP contribution in [-0.4, -0.2) is 98.7 Å². The molecular formula is C17H24N7O2S2+. The number of aromatic nitrogens is 2. The number of guanidine groups is 1. The lowest BCUT2D eigenvalue weighted by molar-refractivity contribution is -0.542. The number of amides is 3. The monoisotopic (exact) mass is 422 g/mol. The summed E-state index contributed by atoms with van der Waals surface area (Å²) in [7, 11) is 3.22. The van der Waals surface area contributed by atoms with E-state index in [1.165, 1.54) is 23.3 Å². The van der Waals surface area contributed by atoms with Crippen molar-refractivity contribution in [2.45, 2.75) is 36.6 Å². The maximum absolute atomic E-state index is 12.9. The van der Waals surface area contributed by atoms with Crippen molar-refractivity contribution < 1.29 is 14.2 Å². The molecule has 1 atom stereocenters. The molecule has 4 heterocycles. The van der Waals surface area contributed by atoms with Crippen LogP contribution in [0.1, 0.15) is 24.3 Å². The molecule has 3 aliphatic rings. The topological polar surface area (TPSA) is 85.0 Å². The van der Waals surface area contributed by atoms with Gasteiger partial charge in [-0.05, 0) is 26.2 Å². The third kappa shape index (κ3) is 3.41. The standard InChI is InChI=1S/C17H24N7O2S2/c1-11-19-20-16(28-11)27-10-9-24-12-13(21(2)17(26)22(3)14(12)25)18-15(24)23-7-5-4-6-8-23/h12H,4-10H2,1-3H3/q+1. The van der Waals surface area contributed by atoms with E-state index in [4.69, 9.17) is 4.99 Å². The Morgan fingerprint density at radius 2 is 1.89 bits per heavy atom. The predicted octanol–water partition coefficient (Wildman–Crippen LogP) is 1.10. The van der Waals surface area contributed by atoms with Gasteiger partial charge in [0.25, 0.3) is 5.91 Å². The van der Waals surface area contributed by atoms with Crippen LogP contribution in [0.3, 0.4) is 0 Å². The first-order valence-corrected chi connectivity index (χ1v) is 11.2. The molecule has 0 aromatic carbocycles. The molecule has 1 aromatic rings. The molecule has 0 spiro atoms. The molecule has 11 heteroatoms. The molecule has 2 saturated heterocycles. The molecule has 1 unspecified atom stereocenters. The number of imide groups is 1. The number of carbonyl (C=O) groups excluding carboxylic acids is 2. The molecule has 3 amide bonds. The molecule has 3 aliphatic heterocycles. The summed E-state index contributed by atoms with van der Waals surface area (Å²) < 4.78 is 3.18. The number of thioether (sulfide) groups is 1. The first kappa shape index (κ1) is 19.3. The van der Waals surface area contributed by atoms with E-state index in [1.54, 1.807) is 30.1 Å². The molecule has 0 N–H and O–H groups in total. The fraction of sp³-hybridized carbons (Fsp3) is 0.647. The van der Waals surface area contributed by atoms with Crippen molar-refractivity contribution in [1.82, 2.24) is 24.9 Å². The minimum atomic E-state index is -0.540. The normalized spacial score (nSPS) is 22.9. The number of carbonyl (C=O) groups is 2. The molecule has 0 radical (unpaired) electrons. The first-order chi connectivity index (χ1) is 13.5. The van der Waals surface area contributed by atoms with Gasteiger partial charge in [0.05, 0.1) is 19.6 Å². The van der Waals surface area contributed by atoms with E-state index in [0.29, 0.717) is 12.4 Å². The second-order valence-corrected chi connectivity index (χ2v) is 9.61. The minimum absolute atomic E-state index is 0.217. The highest BCUT2D eigenvalue weighted by Gasteiger charge is 2.55. The lowest BCUT2D eigenvalue weighted by atomic mass is 10.1. The van der Waals surface area contributed by atoms with E-state index in [2.05, 4.69) is 19.7 Å². The van der Waals surface area contributed by atoms with Crippen molar-refractivity contribution >= 4 is 46.8 Å². The second kappa shape index (κ2) is 7.78. The molecule has 1 aromatic heterocycles. The Labute approximate surface area is 172 Å². The van der Waals surface area contributed by atoms with Gasteiger partial charge in [0, 0.05) is 19.8 Å². The van der Waals surface area contributed by atoms with Gasteiger partial charge >= 0.3 is 12.0 Å². The number of amidine groups is 1. The highest BCUT2D eigenvalue weighted by Crippen LogP contribution is 2.26. The van der Waals surface area contributed by atoms with Gasteiger partial charge in [-0.15, -0.1) is 10.2 Å². The summed E-state index contributed by atoms with van der Waals surface area (Å²) in [4.78, 5) is 34.8. The lowest BCUT2D eigenvalue weighted by Crippen LogP contribution is -2.63. The van der Waals surface area contributed by atoms with Gasteiger partial charge < -0.3 is 0 Å². The molecule has 4 rings (SSSR count). The summed E-state index contributed by atoms with van der Waals surface area (Å²) >= 11 is 3.21.